The minimum Gasteiger partial charge on any atom is -0.317 e. The van der Waals surface area contributed by atoms with Gasteiger partial charge in [0.25, 0.3) is 0 Å². The van der Waals surface area contributed by atoms with Gasteiger partial charge in [-0.05, 0) is 25.9 Å². The van der Waals surface area contributed by atoms with Crippen LogP contribution in [0.15, 0.2) is 0 Å². The van der Waals surface area contributed by atoms with Crippen LogP contribution in [0.3, 0.4) is 0 Å². The molecule has 0 rings (SSSR count). The molecule has 0 saturated carbocycles. The third-order valence-corrected chi connectivity index (χ3v) is 4.55. The minimum atomic E-state index is -3.03. The molecule has 4 nitrogen and oxygen atoms in total. The van der Waals surface area contributed by atoms with Crippen LogP contribution in [0.1, 0.15) is 40.0 Å². The van der Waals surface area contributed by atoms with Crippen molar-refractivity contribution in [2.24, 2.45) is 0 Å². The van der Waals surface area contributed by atoms with Crippen LogP contribution in [0.2, 0.25) is 0 Å². The molecule has 0 fully saturated rings. The molecular formula is C11H26N2O2S. The standard InChI is InChI=1S/C11H26N2O2S/c1-4-7-10-13(6-3)16(14,15)11-8-9-12-5-2/h12H,4-11H2,1-3H3. The quantitative estimate of drug-likeness (QED) is 0.597. The topological polar surface area (TPSA) is 49.4 Å². The lowest BCUT2D eigenvalue weighted by atomic mass is 10.3. The normalized spacial score (nSPS) is 12.2. The lowest BCUT2D eigenvalue weighted by molar-refractivity contribution is 0.417. The molecule has 0 saturated heterocycles. The van der Waals surface area contributed by atoms with Crippen LogP contribution < -0.4 is 5.32 Å². The van der Waals surface area contributed by atoms with Gasteiger partial charge in [0.1, 0.15) is 0 Å². The second kappa shape index (κ2) is 8.96. The molecule has 0 amide bonds. The molecule has 5 heteroatoms. The molecule has 0 atom stereocenters. The van der Waals surface area contributed by atoms with Crippen molar-refractivity contribution in [3.8, 4) is 0 Å². The number of unbranched alkanes of at least 4 members (excludes halogenated alkanes) is 1. The van der Waals surface area contributed by atoms with Crippen LogP contribution in [0.5, 0.6) is 0 Å². The van der Waals surface area contributed by atoms with Crippen molar-refractivity contribution in [1.29, 1.82) is 0 Å². The molecule has 0 bridgehead atoms. The maximum Gasteiger partial charge on any atom is 0.214 e. The molecular weight excluding hydrogens is 224 g/mol. The van der Waals surface area contributed by atoms with Gasteiger partial charge in [0.15, 0.2) is 0 Å². The fourth-order valence-corrected chi connectivity index (χ4v) is 3.08. The van der Waals surface area contributed by atoms with Gasteiger partial charge in [0, 0.05) is 13.1 Å². The van der Waals surface area contributed by atoms with E-state index in [1.165, 1.54) is 0 Å². The van der Waals surface area contributed by atoms with E-state index in [2.05, 4.69) is 12.2 Å². The first-order valence-electron chi connectivity index (χ1n) is 6.27. The molecule has 0 unspecified atom stereocenters. The predicted molar refractivity (Wildman–Crippen MR) is 69.1 cm³/mol. The lowest BCUT2D eigenvalue weighted by Crippen LogP contribution is -2.34. The predicted octanol–water partition coefficient (Wildman–Crippen LogP) is 1.44. The first-order valence-corrected chi connectivity index (χ1v) is 7.87. The summed E-state index contributed by atoms with van der Waals surface area (Å²) in [5.74, 6) is 0.261. The lowest BCUT2D eigenvalue weighted by Gasteiger charge is -2.20. The van der Waals surface area contributed by atoms with Gasteiger partial charge < -0.3 is 5.32 Å². The Morgan fingerprint density at radius 1 is 1.12 bits per heavy atom. The number of rotatable bonds is 10. The van der Waals surface area contributed by atoms with Gasteiger partial charge in [-0.25, -0.2) is 12.7 Å². The summed E-state index contributed by atoms with van der Waals surface area (Å²) in [6.07, 6.45) is 2.67. The minimum absolute atomic E-state index is 0.261. The fraction of sp³-hybridized carbons (Fsp3) is 1.00. The highest BCUT2D eigenvalue weighted by molar-refractivity contribution is 7.89. The summed E-state index contributed by atoms with van der Waals surface area (Å²) in [7, 11) is -3.03. The number of nitrogens with zero attached hydrogens (tertiary/aromatic N) is 1. The van der Waals surface area contributed by atoms with Crippen LogP contribution in [0, 0.1) is 0 Å². The van der Waals surface area contributed by atoms with Gasteiger partial charge in [-0.1, -0.05) is 27.2 Å². The molecule has 1 N–H and O–H groups in total. The molecule has 0 aromatic heterocycles. The average molecular weight is 250 g/mol. The van der Waals surface area contributed by atoms with Gasteiger partial charge in [0.05, 0.1) is 5.75 Å². The Balaban J connectivity index is 4.05. The first-order chi connectivity index (χ1) is 7.58. The Kier molecular flexibility index (Phi) is 8.89. The zero-order valence-electron chi connectivity index (χ0n) is 10.8. The van der Waals surface area contributed by atoms with E-state index in [9.17, 15) is 8.42 Å². The maximum absolute atomic E-state index is 11.9. The number of hydrogen-bond donors (Lipinski definition) is 1. The van der Waals surface area contributed by atoms with Crippen molar-refractivity contribution in [3.63, 3.8) is 0 Å². The summed E-state index contributed by atoms with van der Waals surface area (Å²) in [6, 6.07) is 0. The van der Waals surface area contributed by atoms with Crippen LogP contribution in [0.4, 0.5) is 0 Å². The Bertz CT molecular complexity index is 253. The van der Waals surface area contributed by atoms with Crippen molar-refractivity contribution in [3.05, 3.63) is 0 Å². The molecule has 0 aromatic carbocycles. The Hall–Kier alpha value is -0.130. The van der Waals surface area contributed by atoms with Gasteiger partial charge in [-0.3, -0.25) is 0 Å². The van der Waals surface area contributed by atoms with E-state index in [1.54, 1.807) is 4.31 Å². The Morgan fingerprint density at radius 3 is 2.31 bits per heavy atom. The SMILES string of the molecule is CCCCN(CC)S(=O)(=O)CCCNCC. The van der Waals surface area contributed by atoms with Crippen molar-refractivity contribution in [2.75, 3.05) is 31.9 Å². The fourth-order valence-electron chi connectivity index (χ4n) is 1.51. The zero-order chi connectivity index (χ0) is 12.4. The summed E-state index contributed by atoms with van der Waals surface area (Å²) < 4.78 is 25.5. The van der Waals surface area contributed by atoms with Crippen molar-refractivity contribution in [1.82, 2.24) is 9.62 Å². The van der Waals surface area contributed by atoms with E-state index < -0.39 is 10.0 Å². The van der Waals surface area contributed by atoms with Gasteiger partial charge in [-0.15, -0.1) is 0 Å². The monoisotopic (exact) mass is 250 g/mol. The van der Waals surface area contributed by atoms with Gasteiger partial charge >= 0.3 is 0 Å². The van der Waals surface area contributed by atoms with E-state index in [-0.39, 0.29) is 5.75 Å². The number of nitrogens with one attached hydrogen (secondary N) is 1. The maximum atomic E-state index is 11.9. The first kappa shape index (κ1) is 15.9. The molecule has 0 radical (unpaired) electrons. The Morgan fingerprint density at radius 2 is 1.81 bits per heavy atom. The molecule has 0 aliphatic rings. The van der Waals surface area contributed by atoms with Crippen molar-refractivity contribution >= 4 is 10.0 Å². The van der Waals surface area contributed by atoms with Crippen LogP contribution in [-0.4, -0.2) is 44.7 Å². The van der Waals surface area contributed by atoms with Gasteiger partial charge in [-0.2, -0.15) is 0 Å². The smallest absolute Gasteiger partial charge is 0.214 e. The highest BCUT2D eigenvalue weighted by atomic mass is 32.2. The molecule has 0 spiro atoms. The van der Waals surface area contributed by atoms with Crippen molar-refractivity contribution in [2.45, 2.75) is 40.0 Å². The average Bonchev–Trinajstić information content (AvgIpc) is 2.25. The van der Waals surface area contributed by atoms with E-state index >= 15 is 0 Å². The van der Waals surface area contributed by atoms with E-state index in [4.69, 9.17) is 0 Å². The number of sulfonamides is 1. The van der Waals surface area contributed by atoms with Crippen LogP contribution >= 0.6 is 0 Å². The largest absolute Gasteiger partial charge is 0.317 e. The third-order valence-electron chi connectivity index (χ3n) is 2.51. The molecule has 16 heavy (non-hydrogen) atoms. The second-order valence-corrected chi connectivity index (χ2v) is 5.96. The van der Waals surface area contributed by atoms with E-state index in [0.717, 1.165) is 25.9 Å². The Labute approximate surface area is 100 Å². The highest BCUT2D eigenvalue weighted by Gasteiger charge is 2.18. The molecule has 0 aliphatic carbocycles. The summed E-state index contributed by atoms with van der Waals surface area (Å²) in [4.78, 5) is 0. The van der Waals surface area contributed by atoms with E-state index in [0.29, 0.717) is 19.5 Å². The molecule has 98 valence electrons. The molecule has 0 heterocycles. The highest BCUT2D eigenvalue weighted by Crippen LogP contribution is 2.05. The summed E-state index contributed by atoms with van der Waals surface area (Å²) >= 11 is 0. The summed E-state index contributed by atoms with van der Waals surface area (Å²) in [5.41, 5.74) is 0. The summed E-state index contributed by atoms with van der Waals surface area (Å²) in [5, 5.41) is 3.14. The number of hydrogen-bond acceptors (Lipinski definition) is 3. The van der Waals surface area contributed by atoms with E-state index in [1.807, 2.05) is 13.8 Å². The molecule has 0 aromatic rings. The second-order valence-electron chi connectivity index (χ2n) is 3.87. The van der Waals surface area contributed by atoms with Crippen molar-refractivity contribution < 1.29 is 8.42 Å². The molecule has 0 aliphatic heterocycles. The third kappa shape index (κ3) is 6.45. The van der Waals surface area contributed by atoms with Crippen LogP contribution in [0.25, 0.3) is 0 Å². The zero-order valence-corrected chi connectivity index (χ0v) is 11.6. The van der Waals surface area contributed by atoms with Gasteiger partial charge in [0.2, 0.25) is 10.0 Å². The van der Waals surface area contributed by atoms with Crippen LogP contribution in [-0.2, 0) is 10.0 Å². The summed E-state index contributed by atoms with van der Waals surface area (Å²) in [6.45, 7) is 8.92.